The van der Waals surface area contributed by atoms with Crippen molar-refractivity contribution < 1.29 is 13.9 Å². The highest BCUT2D eigenvalue weighted by Crippen LogP contribution is 2.27. The fourth-order valence-electron chi connectivity index (χ4n) is 2.01. The van der Waals surface area contributed by atoms with Gasteiger partial charge in [-0.25, -0.2) is 9.18 Å². The lowest BCUT2D eigenvalue weighted by Gasteiger charge is -2.20. The molecule has 3 nitrogen and oxygen atoms in total. The standard InChI is InChI=1S/C16H15ClFNO2/c1-10-5-3-4-6-14(10)19-15(16(20)21-2)12-9-11(17)7-8-13(12)18/h3-9,15,19H,1-2H3. The predicted molar refractivity (Wildman–Crippen MR) is 81.0 cm³/mol. The molecule has 0 bridgehead atoms. The van der Waals surface area contributed by atoms with Gasteiger partial charge in [0, 0.05) is 16.3 Å². The van der Waals surface area contributed by atoms with E-state index in [4.69, 9.17) is 16.3 Å². The number of hydrogen-bond acceptors (Lipinski definition) is 3. The Bertz CT molecular complexity index is 660. The predicted octanol–water partition coefficient (Wildman–Crippen LogP) is 4.11. The molecule has 1 N–H and O–H groups in total. The minimum absolute atomic E-state index is 0.151. The summed E-state index contributed by atoms with van der Waals surface area (Å²) in [5, 5.41) is 3.36. The van der Waals surface area contributed by atoms with Crippen LogP contribution in [0.15, 0.2) is 42.5 Å². The maximum absolute atomic E-state index is 14.0. The Morgan fingerprint density at radius 1 is 1.29 bits per heavy atom. The van der Waals surface area contributed by atoms with Gasteiger partial charge in [-0.1, -0.05) is 29.8 Å². The highest BCUT2D eigenvalue weighted by atomic mass is 35.5. The highest BCUT2D eigenvalue weighted by molar-refractivity contribution is 6.30. The minimum atomic E-state index is -0.963. The first kappa shape index (κ1) is 15.3. The van der Waals surface area contributed by atoms with Crippen LogP contribution in [0.1, 0.15) is 17.2 Å². The summed E-state index contributed by atoms with van der Waals surface area (Å²) < 4.78 is 18.8. The maximum Gasteiger partial charge on any atom is 0.333 e. The molecular formula is C16H15ClFNO2. The molecule has 2 aromatic rings. The molecule has 5 heteroatoms. The van der Waals surface area contributed by atoms with Crippen molar-refractivity contribution in [1.29, 1.82) is 0 Å². The SMILES string of the molecule is COC(=O)C(Nc1ccccc1C)c1cc(Cl)ccc1F. The third kappa shape index (κ3) is 3.52. The van der Waals surface area contributed by atoms with Gasteiger partial charge < -0.3 is 10.1 Å². The van der Waals surface area contributed by atoms with Crippen LogP contribution in [0.3, 0.4) is 0 Å². The maximum atomic E-state index is 14.0. The van der Waals surface area contributed by atoms with E-state index in [-0.39, 0.29) is 5.56 Å². The van der Waals surface area contributed by atoms with Crippen LogP contribution in [0.2, 0.25) is 5.02 Å². The van der Waals surface area contributed by atoms with Gasteiger partial charge >= 0.3 is 5.97 Å². The third-order valence-corrected chi connectivity index (χ3v) is 3.39. The number of para-hydroxylation sites is 1. The molecule has 0 heterocycles. The fourth-order valence-corrected chi connectivity index (χ4v) is 2.19. The number of esters is 1. The van der Waals surface area contributed by atoms with Gasteiger partial charge in [0.25, 0.3) is 0 Å². The van der Waals surface area contributed by atoms with Crippen molar-refractivity contribution in [1.82, 2.24) is 0 Å². The van der Waals surface area contributed by atoms with Crippen LogP contribution in [0.25, 0.3) is 0 Å². The molecule has 0 radical (unpaired) electrons. The molecule has 0 saturated heterocycles. The van der Waals surface area contributed by atoms with Crippen LogP contribution in [-0.2, 0) is 9.53 Å². The zero-order chi connectivity index (χ0) is 15.4. The van der Waals surface area contributed by atoms with E-state index in [1.807, 2.05) is 31.2 Å². The number of anilines is 1. The molecule has 110 valence electrons. The van der Waals surface area contributed by atoms with Gasteiger partial charge in [-0.05, 0) is 36.8 Å². The zero-order valence-electron chi connectivity index (χ0n) is 11.7. The summed E-state index contributed by atoms with van der Waals surface area (Å²) in [5.74, 6) is -1.10. The Morgan fingerprint density at radius 3 is 2.67 bits per heavy atom. The Morgan fingerprint density at radius 2 is 2.00 bits per heavy atom. The van der Waals surface area contributed by atoms with E-state index in [0.29, 0.717) is 5.02 Å². The third-order valence-electron chi connectivity index (χ3n) is 3.15. The number of benzene rings is 2. The second kappa shape index (κ2) is 6.59. The average molecular weight is 308 g/mol. The number of rotatable bonds is 4. The molecule has 0 amide bonds. The highest BCUT2D eigenvalue weighted by Gasteiger charge is 2.25. The number of aryl methyl sites for hydroxylation is 1. The number of methoxy groups -OCH3 is 1. The van der Waals surface area contributed by atoms with E-state index in [1.165, 1.54) is 25.3 Å². The Labute approximate surface area is 127 Å². The van der Waals surface area contributed by atoms with Crippen LogP contribution in [0, 0.1) is 12.7 Å². The van der Waals surface area contributed by atoms with Crippen LogP contribution in [0.5, 0.6) is 0 Å². The lowest BCUT2D eigenvalue weighted by molar-refractivity contribution is -0.141. The van der Waals surface area contributed by atoms with E-state index < -0.39 is 17.8 Å². The summed E-state index contributed by atoms with van der Waals surface area (Å²) in [4.78, 5) is 12.0. The molecule has 1 unspecified atom stereocenters. The van der Waals surface area contributed by atoms with E-state index in [9.17, 15) is 9.18 Å². The second-order valence-electron chi connectivity index (χ2n) is 4.58. The molecule has 0 aliphatic carbocycles. The van der Waals surface area contributed by atoms with Gasteiger partial charge in [-0.2, -0.15) is 0 Å². The van der Waals surface area contributed by atoms with Gasteiger partial charge in [0.15, 0.2) is 6.04 Å². The molecule has 0 aromatic heterocycles. The lowest BCUT2D eigenvalue weighted by Crippen LogP contribution is -2.23. The first-order chi connectivity index (χ1) is 10.0. The number of carbonyl (C=O) groups excluding carboxylic acids is 1. The summed E-state index contributed by atoms with van der Waals surface area (Å²) in [6.45, 7) is 1.89. The molecule has 0 saturated carbocycles. The van der Waals surface area contributed by atoms with Gasteiger partial charge in [0.1, 0.15) is 5.82 Å². The van der Waals surface area contributed by atoms with Crippen LogP contribution in [-0.4, -0.2) is 13.1 Å². The quantitative estimate of drug-likeness (QED) is 0.864. The topological polar surface area (TPSA) is 38.3 Å². The zero-order valence-corrected chi connectivity index (χ0v) is 12.4. The number of hydrogen-bond donors (Lipinski definition) is 1. The van der Waals surface area contributed by atoms with Crippen molar-refractivity contribution in [2.45, 2.75) is 13.0 Å². The van der Waals surface area contributed by atoms with E-state index in [2.05, 4.69) is 5.32 Å². The Balaban J connectivity index is 2.42. The number of ether oxygens (including phenoxy) is 1. The van der Waals surface area contributed by atoms with Crippen LogP contribution >= 0.6 is 11.6 Å². The summed E-state index contributed by atoms with van der Waals surface area (Å²) in [6.07, 6.45) is 0. The molecule has 2 aromatic carbocycles. The van der Waals surface area contributed by atoms with Gasteiger partial charge in [0.05, 0.1) is 7.11 Å². The van der Waals surface area contributed by atoms with Crippen molar-refractivity contribution in [3.63, 3.8) is 0 Å². The first-order valence-electron chi connectivity index (χ1n) is 6.38. The largest absolute Gasteiger partial charge is 0.467 e. The Kier molecular flexibility index (Phi) is 4.81. The van der Waals surface area contributed by atoms with E-state index in [0.717, 1.165) is 11.3 Å². The van der Waals surface area contributed by atoms with Crippen molar-refractivity contribution in [2.24, 2.45) is 0 Å². The molecule has 21 heavy (non-hydrogen) atoms. The smallest absolute Gasteiger partial charge is 0.333 e. The van der Waals surface area contributed by atoms with Gasteiger partial charge in [0.2, 0.25) is 0 Å². The summed E-state index contributed by atoms with van der Waals surface area (Å²) in [6, 6.07) is 10.5. The molecule has 0 spiro atoms. The molecule has 2 rings (SSSR count). The number of nitrogens with one attached hydrogen (secondary N) is 1. The molecule has 1 atom stereocenters. The van der Waals surface area contributed by atoms with Crippen molar-refractivity contribution in [3.8, 4) is 0 Å². The number of carbonyl (C=O) groups is 1. The van der Waals surface area contributed by atoms with Gasteiger partial charge in [-0.3, -0.25) is 0 Å². The van der Waals surface area contributed by atoms with Crippen LogP contribution in [0.4, 0.5) is 10.1 Å². The summed E-state index contributed by atoms with van der Waals surface area (Å²) in [7, 11) is 1.26. The average Bonchev–Trinajstić information content (AvgIpc) is 2.48. The van der Waals surface area contributed by atoms with Gasteiger partial charge in [-0.15, -0.1) is 0 Å². The molecule has 0 fully saturated rings. The van der Waals surface area contributed by atoms with Crippen molar-refractivity contribution in [2.75, 3.05) is 12.4 Å². The molecular weight excluding hydrogens is 293 g/mol. The normalized spacial score (nSPS) is 11.8. The lowest BCUT2D eigenvalue weighted by atomic mass is 10.0. The van der Waals surface area contributed by atoms with Crippen LogP contribution < -0.4 is 5.32 Å². The molecule has 0 aliphatic heterocycles. The fraction of sp³-hybridized carbons (Fsp3) is 0.188. The Hall–Kier alpha value is -2.07. The first-order valence-corrected chi connectivity index (χ1v) is 6.75. The monoisotopic (exact) mass is 307 g/mol. The second-order valence-corrected chi connectivity index (χ2v) is 5.02. The van der Waals surface area contributed by atoms with E-state index in [1.54, 1.807) is 0 Å². The van der Waals surface area contributed by atoms with E-state index >= 15 is 0 Å². The summed E-state index contributed by atoms with van der Waals surface area (Å²) >= 11 is 5.90. The van der Waals surface area contributed by atoms with Crippen molar-refractivity contribution >= 4 is 23.3 Å². The minimum Gasteiger partial charge on any atom is -0.467 e. The number of halogens is 2. The molecule has 0 aliphatic rings. The van der Waals surface area contributed by atoms with Crippen molar-refractivity contribution in [3.05, 3.63) is 64.4 Å². The summed E-state index contributed by atoms with van der Waals surface area (Å²) in [5.41, 5.74) is 1.82.